The first-order chi connectivity index (χ1) is 10.3. The minimum atomic E-state index is 0.838. The molecule has 0 saturated heterocycles. The highest BCUT2D eigenvalue weighted by atomic mass is 15.2. The molecule has 4 rings (SSSR count). The van der Waals surface area contributed by atoms with Crippen molar-refractivity contribution < 1.29 is 0 Å². The summed E-state index contributed by atoms with van der Waals surface area (Å²) in [6, 6.07) is 8.35. The van der Waals surface area contributed by atoms with Crippen molar-refractivity contribution in [2.24, 2.45) is 0 Å². The van der Waals surface area contributed by atoms with Gasteiger partial charge in [0.15, 0.2) is 0 Å². The maximum absolute atomic E-state index is 4.58. The summed E-state index contributed by atoms with van der Waals surface area (Å²) in [5.74, 6) is 1.80. The molecule has 1 aliphatic rings. The van der Waals surface area contributed by atoms with Gasteiger partial charge in [0.1, 0.15) is 18.0 Å². The maximum Gasteiger partial charge on any atom is 0.150 e. The minimum absolute atomic E-state index is 0.838. The number of imidazole rings is 1. The van der Waals surface area contributed by atoms with Crippen molar-refractivity contribution in [3.05, 3.63) is 48.7 Å². The topological polar surface area (TPSA) is 46.8 Å². The van der Waals surface area contributed by atoms with E-state index in [9.17, 15) is 0 Å². The standard InChI is InChI=1S/C16H15N5/c1-3-20-13-6-4-5-7-14(13)21-11(2)8-18-16(21)12-9-17-10-19-15(12)20/h4-10H,3H2,1-2H3. The van der Waals surface area contributed by atoms with E-state index in [1.165, 1.54) is 0 Å². The number of hydrogen-bond acceptors (Lipinski definition) is 4. The van der Waals surface area contributed by atoms with Gasteiger partial charge >= 0.3 is 0 Å². The molecule has 0 bridgehead atoms. The third-order valence-corrected chi connectivity index (χ3v) is 3.86. The Bertz CT molecular complexity index is 821. The number of aryl methyl sites for hydroxylation is 1. The van der Waals surface area contributed by atoms with Crippen molar-refractivity contribution in [1.82, 2.24) is 19.5 Å². The number of para-hydroxylation sites is 2. The van der Waals surface area contributed by atoms with Crippen molar-refractivity contribution in [2.45, 2.75) is 13.8 Å². The molecule has 21 heavy (non-hydrogen) atoms. The Morgan fingerprint density at radius 1 is 1.05 bits per heavy atom. The fourth-order valence-corrected chi connectivity index (χ4v) is 2.94. The number of nitrogens with zero attached hydrogens (tertiary/aromatic N) is 5. The summed E-state index contributed by atoms with van der Waals surface area (Å²) in [4.78, 5) is 15.5. The summed E-state index contributed by atoms with van der Waals surface area (Å²) in [5, 5.41) is 0. The molecule has 104 valence electrons. The van der Waals surface area contributed by atoms with Gasteiger partial charge in [0.05, 0.1) is 16.9 Å². The Labute approximate surface area is 122 Å². The zero-order valence-electron chi connectivity index (χ0n) is 12.0. The van der Waals surface area contributed by atoms with Gasteiger partial charge < -0.3 is 4.90 Å². The van der Waals surface area contributed by atoms with Gasteiger partial charge in [-0.05, 0) is 26.0 Å². The lowest BCUT2D eigenvalue weighted by atomic mass is 10.2. The summed E-state index contributed by atoms with van der Waals surface area (Å²) >= 11 is 0. The van der Waals surface area contributed by atoms with E-state index in [0.717, 1.165) is 40.8 Å². The van der Waals surface area contributed by atoms with Crippen molar-refractivity contribution in [2.75, 3.05) is 11.4 Å². The minimum Gasteiger partial charge on any atom is -0.324 e. The molecule has 1 aromatic carbocycles. The number of fused-ring (bicyclic) bond motifs is 5. The molecule has 2 aromatic heterocycles. The van der Waals surface area contributed by atoms with Crippen LogP contribution in [0.15, 0.2) is 43.0 Å². The second-order valence-electron chi connectivity index (χ2n) is 5.05. The molecule has 0 radical (unpaired) electrons. The van der Waals surface area contributed by atoms with Crippen LogP contribution in [-0.4, -0.2) is 26.1 Å². The summed E-state index contributed by atoms with van der Waals surface area (Å²) in [6.07, 6.45) is 5.33. The summed E-state index contributed by atoms with van der Waals surface area (Å²) < 4.78 is 2.17. The van der Waals surface area contributed by atoms with Crippen LogP contribution in [0.4, 0.5) is 11.5 Å². The highest BCUT2D eigenvalue weighted by molar-refractivity contribution is 5.83. The first-order valence-corrected chi connectivity index (χ1v) is 7.03. The van der Waals surface area contributed by atoms with Gasteiger partial charge in [-0.1, -0.05) is 12.1 Å². The third-order valence-electron chi connectivity index (χ3n) is 3.86. The zero-order valence-corrected chi connectivity index (χ0v) is 12.0. The molecule has 3 aromatic rings. The van der Waals surface area contributed by atoms with E-state index in [-0.39, 0.29) is 0 Å². The van der Waals surface area contributed by atoms with Crippen molar-refractivity contribution in [3.8, 4) is 17.1 Å². The Hall–Kier alpha value is -2.69. The Balaban J connectivity index is 2.16. The number of rotatable bonds is 1. The molecule has 0 spiro atoms. The predicted octanol–water partition coefficient (Wildman–Crippen LogP) is 3.11. The quantitative estimate of drug-likeness (QED) is 0.685. The number of aromatic nitrogens is 4. The highest BCUT2D eigenvalue weighted by Gasteiger charge is 2.26. The van der Waals surface area contributed by atoms with Crippen molar-refractivity contribution in [1.29, 1.82) is 0 Å². The van der Waals surface area contributed by atoms with E-state index in [1.807, 2.05) is 12.4 Å². The predicted molar refractivity (Wildman–Crippen MR) is 82.0 cm³/mol. The monoisotopic (exact) mass is 277 g/mol. The Morgan fingerprint density at radius 2 is 1.86 bits per heavy atom. The van der Waals surface area contributed by atoms with Gasteiger partial charge in [-0.25, -0.2) is 15.0 Å². The van der Waals surface area contributed by atoms with Gasteiger partial charge in [-0.2, -0.15) is 0 Å². The second kappa shape index (κ2) is 4.41. The van der Waals surface area contributed by atoms with Gasteiger partial charge in [-0.3, -0.25) is 4.57 Å². The maximum atomic E-state index is 4.58. The van der Waals surface area contributed by atoms with Crippen LogP contribution in [0.25, 0.3) is 17.1 Å². The molecule has 0 amide bonds. The average Bonchev–Trinajstić information content (AvgIpc) is 2.85. The number of anilines is 2. The summed E-state index contributed by atoms with van der Waals surface area (Å²) in [5.41, 5.74) is 4.33. The lowest BCUT2D eigenvalue weighted by Gasteiger charge is -2.23. The zero-order chi connectivity index (χ0) is 14.4. The lowest BCUT2D eigenvalue weighted by Crippen LogP contribution is -2.18. The molecule has 0 aliphatic carbocycles. The number of hydrogen-bond donors (Lipinski definition) is 0. The molecule has 3 heterocycles. The fourth-order valence-electron chi connectivity index (χ4n) is 2.94. The summed E-state index contributed by atoms with van der Waals surface area (Å²) in [6.45, 7) is 5.03. The van der Waals surface area contributed by atoms with E-state index in [2.05, 4.69) is 62.5 Å². The average molecular weight is 277 g/mol. The van der Waals surface area contributed by atoms with Crippen molar-refractivity contribution >= 4 is 11.5 Å². The molecular weight excluding hydrogens is 262 g/mol. The van der Waals surface area contributed by atoms with Crippen LogP contribution in [0.5, 0.6) is 0 Å². The van der Waals surface area contributed by atoms with Crippen LogP contribution in [0, 0.1) is 6.92 Å². The van der Waals surface area contributed by atoms with Crippen LogP contribution in [0.3, 0.4) is 0 Å². The van der Waals surface area contributed by atoms with Crippen molar-refractivity contribution in [3.63, 3.8) is 0 Å². The van der Waals surface area contributed by atoms with Gasteiger partial charge in [0.2, 0.25) is 0 Å². The normalized spacial score (nSPS) is 12.4. The van der Waals surface area contributed by atoms with Crippen LogP contribution in [-0.2, 0) is 0 Å². The van der Waals surface area contributed by atoms with Crippen LogP contribution in [0.1, 0.15) is 12.6 Å². The molecule has 5 heteroatoms. The van der Waals surface area contributed by atoms with Crippen LogP contribution < -0.4 is 4.90 Å². The molecule has 0 unspecified atom stereocenters. The van der Waals surface area contributed by atoms with E-state index in [0.29, 0.717) is 0 Å². The molecule has 0 saturated carbocycles. The van der Waals surface area contributed by atoms with Gasteiger partial charge in [0.25, 0.3) is 0 Å². The first-order valence-electron chi connectivity index (χ1n) is 7.03. The van der Waals surface area contributed by atoms with Gasteiger partial charge in [0, 0.05) is 24.6 Å². The Kier molecular flexibility index (Phi) is 2.54. The third kappa shape index (κ3) is 1.60. The fraction of sp³-hybridized carbons (Fsp3) is 0.188. The lowest BCUT2D eigenvalue weighted by molar-refractivity contribution is 0.972. The Morgan fingerprint density at radius 3 is 2.67 bits per heavy atom. The van der Waals surface area contributed by atoms with Gasteiger partial charge in [-0.15, -0.1) is 0 Å². The molecular formula is C16H15N5. The van der Waals surface area contributed by atoms with E-state index < -0.39 is 0 Å². The molecule has 0 N–H and O–H groups in total. The summed E-state index contributed by atoms with van der Waals surface area (Å²) in [7, 11) is 0. The van der Waals surface area contributed by atoms with Crippen LogP contribution >= 0.6 is 0 Å². The largest absolute Gasteiger partial charge is 0.324 e. The smallest absolute Gasteiger partial charge is 0.150 e. The molecule has 0 atom stereocenters. The molecule has 1 aliphatic heterocycles. The van der Waals surface area contributed by atoms with E-state index in [1.54, 1.807) is 6.33 Å². The SMILES string of the molecule is CCN1c2ccccc2-n2c(C)cnc2-c2cncnc21. The van der Waals surface area contributed by atoms with E-state index in [4.69, 9.17) is 0 Å². The second-order valence-corrected chi connectivity index (χ2v) is 5.05. The molecule has 0 fully saturated rings. The first kappa shape index (κ1) is 12.1. The highest BCUT2D eigenvalue weighted by Crippen LogP contribution is 2.40. The van der Waals surface area contributed by atoms with Crippen LogP contribution in [0.2, 0.25) is 0 Å². The molecule has 5 nitrogen and oxygen atoms in total. The van der Waals surface area contributed by atoms with E-state index >= 15 is 0 Å². The number of benzene rings is 1.